The molecule has 5 nitrogen and oxygen atoms in total. The second-order valence-corrected chi connectivity index (χ2v) is 2.15. The van der Waals surface area contributed by atoms with E-state index in [4.69, 9.17) is 15.4 Å². The minimum atomic E-state index is -1.41. The first kappa shape index (κ1) is 11.6. The second kappa shape index (κ2) is 6.13. The van der Waals surface area contributed by atoms with Gasteiger partial charge >= 0.3 is 5.97 Å². The normalized spacial score (nSPS) is 11.0. The van der Waals surface area contributed by atoms with Crippen LogP contribution in [0.4, 0.5) is 0 Å². The van der Waals surface area contributed by atoms with Crippen molar-refractivity contribution >= 4 is 5.97 Å². The third-order valence-electron chi connectivity index (χ3n) is 1.35. The predicted octanol–water partition coefficient (Wildman–Crippen LogP) is 0.139. The maximum Gasteiger partial charge on any atom is 0.337 e. The summed E-state index contributed by atoms with van der Waals surface area (Å²) in [5.74, 6) is 2.27. The van der Waals surface area contributed by atoms with Crippen molar-refractivity contribution in [2.45, 2.75) is 6.10 Å². The Balaban J connectivity index is 0.000000671. The number of benzene rings is 1. The lowest BCUT2D eigenvalue weighted by Crippen LogP contribution is -2.09. The van der Waals surface area contributed by atoms with Crippen LogP contribution in [-0.2, 0) is 4.79 Å². The van der Waals surface area contributed by atoms with Crippen molar-refractivity contribution in [3.63, 3.8) is 0 Å². The molecule has 1 aromatic rings. The van der Waals surface area contributed by atoms with Gasteiger partial charge in [-0.1, -0.05) is 30.3 Å². The van der Waals surface area contributed by atoms with Crippen LogP contribution in [0.25, 0.3) is 0 Å². The Morgan fingerprint density at radius 1 is 1.23 bits per heavy atom. The summed E-state index contributed by atoms with van der Waals surface area (Å²) >= 11 is 0. The zero-order valence-electron chi connectivity index (χ0n) is 6.79. The Morgan fingerprint density at radius 2 is 1.69 bits per heavy atom. The van der Waals surface area contributed by atoms with Gasteiger partial charge in [0.1, 0.15) is 0 Å². The molecule has 0 amide bonds. The van der Waals surface area contributed by atoms with Gasteiger partial charge in [-0.2, -0.15) is 0 Å². The second-order valence-electron chi connectivity index (χ2n) is 2.15. The van der Waals surface area contributed by atoms with Crippen molar-refractivity contribution in [3.05, 3.63) is 35.9 Å². The first-order valence-corrected chi connectivity index (χ1v) is 3.43. The van der Waals surface area contributed by atoms with Crippen molar-refractivity contribution in [1.82, 2.24) is 0 Å². The summed E-state index contributed by atoms with van der Waals surface area (Å²) in [4.78, 5) is 10.2. The lowest BCUT2D eigenvalue weighted by molar-refractivity contribution is -0.146. The topological polar surface area (TPSA) is 104 Å². The van der Waals surface area contributed by atoms with E-state index < -0.39 is 12.1 Å². The highest BCUT2D eigenvalue weighted by atomic mass is 16.4. The van der Waals surface area contributed by atoms with Gasteiger partial charge in [0.2, 0.25) is 0 Å². The van der Waals surface area contributed by atoms with Gasteiger partial charge < -0.3 is 15.4 Å². The average Bonchev–Trinajstić information content (AvgIpc) is 2.21. The fourth-order valence-corrected chi connectivity index (χ4v) is 0.778. The molecule has 0 aliphatic heterocycles. The number of hydrogen-bond acceptors (Lipinski definition) is 4. The third-order valence-corrected chi connectivity index (χ3v) is 1.35. The van der Waals surface area contributed by atoms with E-state index in [2.05, 4.69) is 5.90 Å². The van der Waals surface area contributed by atoms with Gasteiger partial charge in [-0.15, -0.1) is 0 Å². The fraction of sp³-hybridized carbons (Fsp3) is 0.125. The molecule has 13 heavy (non-hydrogen) atoms. The van der Waals surface area contributed by atoms with Gasteiger partial charge in [-0.25, -0.2) is 10.7 Å². The van der Waals surface area contributed by atoms with Crippen LogP contribution >= 0.6 is 0 Å². The van der Waals surface area contributed by atoms with Crippen molar-refractivity contribution in [1.29, 1.82) is 0 Å². The molecule has 5 N–H and O–H groups in total. The number of aliphatic hydroxyl groups excluding tert-OH is 1. The van der Waals surface area contributed by atoms with Crippen LogP contribution in [0.15, 0.2) is 30.3 Å². The third kappa shape index (κ3) is 3.66. The molecular weight excluding hydrogens is 174 g/mol. The van der Waals surface area contributed by atoms with Crippen LogP contribution in [0.3, 0.4) is 0 Å². The summed E-state index contributed by atoms with van der Waals surface area (Å²) in [5, 5.41) is 23.9. The molecule has 0 saturated heterocycles. The molecule has 0 aliphatic rings. The van der Waals surface area contributed by atoms with E-state index in [1.165, 1.54) is 0 Å². The van der Waals surface area contributed by atoms with E-state index in [-0.39, 0.29) is 0 Å². The van der Waals surface area contributed by atoms with E-state index in [0.29, 0.717) is 5.56 Å². The summed E-state index contributed by atoms with van der Waals surface area (Å²) < 4.78 is 0. The lowest BCUT2D eigenvalue weighted by Gasteiger charge is -2.03. The highest BCUT2D eigenvalue weighted by molar-refractivity contribution is 5.73. The molecule has 0 aromatic heterocycles. The molecule has 0 unspecified atom stereocenters. The Kier molecular flexibility index (Phi) is 5.45. The average molecular weight is 185 g/mol. The van der Waals surface area contributed by atoms with E-state index in [0.717, 1.165) is 0 Å². The molecule has 0 radical (unpaired) electrons. The zero-order chi connectivity index (χ0) is 10.3. The molecule has 0 fully saturated rings. The van der Waals surface area contributed by atoms with Gasteiger partial charge in [-0.3, -0.25) is 0 Å². The number of carboxylic acid groups (broad SMARTS) is 1. The molecule has 0 aliphatic carbocycles. The van der Waals surface area contributed by atoms with Crippen LogP contribution in [0, 0.1) is 0 Å². The summed E-state index contributed by atoms with van der Waals surface area (Å²) in [7, 11) is 0. The van der Waals surface area contributed by atoms with E-state index in [1.54, 1.807) is 30.3 Å². The smallest absolute Gasteiger partial charge is 0.337 e. The summed E-state index contributed by atoms with van der Waals surface area (Å²) in [6.45, 7) is 0. The molecule has 0 spiro atoms. The molecule has 1 atom stereocenters. The Bertz CT molecular complexity index is 250. The fourth-order valence-electron chi connectivity index (χ4n) is 0.778. The van der Waals surface area contributed by atoms with Crippen LogP contribution in [-0.4, -0.2) is 21.4 Å². The standard InChI is InChI=1S/C8H8O3.H3NO/c9-7(8(10)11)6-4-2-1-3-5-6;1-2/h1-5,7,9H,(H,10,11);2H,1H2/t7-;/m0./s1. The first-order valence-electron chi connectivity index (χ1n) is 3.43. The number of aliphatic hydroxyl groups is 1. The molecule has 1 aromatic carbocycles. The predicted molar refractivity (Wildman–Crippen MR) is 45.0 cm³/mol. The van der Waals surface area contributed by atoms with E-state index in [1.807, 2.05) is 0 Å². The molecule has 5 heteroatoms. The zero-order valence-corrected chi connectivity index (χ0v) is 6.79. The van der Waals surface area contributed by atoms with Gasteiger partial charge in [0.05, 0.1) is 0 Å². The Morgan fingerprint density at radius 3 is 2.08 bits per heavy atom. The maximum atomic E-state index is 10.2. The highest BCUT2D eigenvalue weighted by Gasteiger charge is 2.14. The van der Waals surface area contributed by atoms with E-state index in [9.17, 15) is 4.79 Å². The molecular formula is C8H11NO4. The summed E-state index contributed by atoms with van der Waals surface area (Å²) in [6.07, 6.45) is -1.41. The van der Waals surface area contributed by atoms with Gasteiger partial charge in [0.15, 0.2) is 6.10 Å². The quantitative estimate of drug-likeness (QED) is 0.490. The Labute approximate surface area is 75.0 Å². The molecule has 72 valence electrons. The Hall–Kier alpha value is -1.43. The van der Waals surface area contributed by atoms with Crippen LogP contribution in [0.1, 0.15) is 11.7 Å². The first-order chi connectivity index (χ1) is 6.22. The van der Waals surface area contributed by atoms with Crippen LogP contribution in [0.5, 0.6) is 0 Å². The summed E-state index contributed by atoms with van der Waals surface area (Å²) in [6, 6.07) is 8.26. The number of aliphatic carboxylic acids is 1. The van der Waals surface area contributed by atoms with Gasteiger partial charge in [0.25, 0.3) is 0 Å². The molecule has 0 heterocycles. The van der Waals surface area contributed by atoms with Gasteiger partial charge in [0, 0.05) is 0 Å². The monoisotopic (exact) mass is 185 g/mol. The number of hydrogen-bond donors (Lipinski definition) is 4. The number of carboxylic acids is 1. The number of nitrogens with two attached hydrogens (primary N) is 1. The molecule has 0 saturated carbocycles. The van der Waals surface area contributed by atoms with Crippen LogP contribution < -0.4 is 5.90 Å². The van der Waals surface area contributed by atoms with Crippen molar-refractivity contribution < 1.29 is 20.2 Å². The van der Waals surface area contributed by atoms with Gasteiger partial charge in [-0.05, 0) is 5.56 Å². The number of carbonyl (C=O) groups is 1. The minimum Gasteiger partial charge on any atom is -0.479 e. The summed E-state index contributed by atoms with van der Waals surface area (Å²) in [5.41, 5.74) is 0.403. The largest absolute Gasteiger partial charge is 0.479 e. The molecule has 1 rings (SSSR count). The lowest BCUT2D eigenvalue weighted by atomic mass is 10.1. The highest BCUT2D eigenvalue weighted by Crippen LogP contribution is 2.10. The maximum absolute atomic E-state index is 10.2. The minimum absolute atomic E-state index is 0.403. The number of rotatable bonds is 2. The van der Waals surface area contributed by atoms with Crippen molar-refractivity contribution in [2.24, 2.45) is 5.90 Å². The van der Waals surface area contributed by atoms with Crippen molar-refractivity contribution in [3.8, 4) is 0 Å². The van der Waals surface area contributed by atoms with Crippen molar-refractivity contribution in [2.75, 3.05) is 0 Å². The van der Waals surface area contributed by atoms with Crippen LogP contribution in [0.2, 0.25) is 0 Å². The SMILES string of the molecule is NO.O=C(O)[C@@H](O)c1ccccc1. The molecule has 0 bridgehead atoms. The van der Waals surface area contributed by atoms with E-state index >= 15 is 0 Å².